The fraction of sp³-hybridized carbons (Fsp3) is 0.158. The summed E-state index contributed by atoms with van der Waals surface area (Å²) in [6, 6.07) is 14.4. The molecule has 0 unspecified atom stereocenters. The lowest BCUT2D eigenvalue weighted by Crippen LogP contribution is -2.40. The minimum absolute atomic E-state index is 0.654. The molecule has 2 N–H and O–H groups in total. The lowest BCUT2D eigenvalue weighted by atomic mass is 10.1. The van der Waals surface area contributed by atoms with Crippen LogP contribution in [0.5, 0.6) is 0 Å². The molecule has 6 nitrogen and oxygen atoms in total. The molecule has 2 aromatic carbocycles. The normalized spacial score (nSPS) is 13.6. The van der Waals surface area contributed by atoms with E-state index in [0.717, 1.165) is 32.1 Å². The quantitative estimate of drug-likeness (QED) is 0.538. The zero-order valence-electron chi connectivity index (χ0n) is 14.9. The number of benzene rings is 2. The van der Waals surface area contributed by atoms with Gasteiger partial charge in [0.2, 0.25) is 0 Å². The maximum absolute atomic E-state index is 4.74. The van der Waals surface area contributed by atoms with Crippen LogP contribution in [0.4, 0.5) is 0 Å². The van der Waals surface area contributed by atoms with Crippen molar-refractivity contribution in [3.63, 3.8) is 0 Å². The van der Waals surface area contributed by atoms with Crippen LogP contribution >= 0.6 is 28.6 Å². The standard InChI is InChI=1S/C19H19BrN6S/c1-12-4-3-5-17(13(12)2)26-19(27)16(10-21-26)18-22-23-24-25(18)11-14-6-8-15(20)9-7-14/h3-10,23-24,27H,11H2,1-2H3. The van der Waals surface area contributed by atoms with E-state index in [1.807, 2.05) is 34.0 Å². The van der Waals surface area contributed by atoms with Gasteiger partial charge in [-0.3, -0.25) is 5.01 Å². The van der Waals surface area contributed by atoms with E-state index < -0.39 is 0 Å². The maximum Gasteiger partial charge on any atom is 0.177 e. The fourth-order valence-electron chi connectivity index (χ4n) is 2.99. The number of rotatable bonds is 4. The second kappa shape index (κ2) is 7.38. The van der Waals surface area contributed by atoms with Crippen molar-refractivity contribution in [3.05, 3.63) is 75.4 Å². The highest BCUT2D eigenvalue weighted by molar-refractivity contribution is 9.10. The van der Waals surface area contributed by atoms with Crippen LogP contribution in [0.2, 0.25) is 0 Å². The van der Waals surface area contributed by atoms with Crippen molar-refractivity contribution in [2.75, 3.05) is 0 Å². The number of nitrogens with one attached hydrogen (secondary N) is 2. The Morgan fingerprint density at radius 2 is 1.89 bits per heavy atom. The first kappa shape index (κ1) is 18.1. The number of nitrogens with zero attached hydrogens (tertiary/aromatic N) is 4. The molecule has 3 aromatic rings. The van der Waals surface area contributed by atoms with Gasteiger partial charge in [-0.2, -0.15) is 5.10 Å². The van der Waals surface area contributed by atoms with Gasteiger partial charge in [-0.1, -0.05) is 40.2 Å². The Morgan fingerprint density at radius 3 is 2.67 bits per heavy atom. The Kier molecular flexibility index (Phi) is 4.94. The van der Waals surface area contributed by atoms with Crippen LogP contribution in [-0.4, -0.2) is 20.6 Å². The minimum atomic E-state index is 0.654. The Balaban J connectivity index is 1.64. The molecular weight excluding hydrogens is 424 g/mol. The van der Waals surface area contributed by atoms with Crippen LogP contribution < -0.4 is 11.1 Å². The SMILES string of the molecule is Cc1cccc(-n2ncc(C3=NNNN3Cc3ccc(Br)cc3)c2S)c1C. The van der Waals surface area contributed by atoms with E-state index in [9.17, 15) is 0 Å². The molecule has 0 spiro atoms. The lowest BCUT2D eigenvalue weighted by Gasteiger charge is -2.19. The van der Waals surface area contributed by atoms with Crippen LogP contribution in [0.1, 0.15) is 22.3 Å². The number of amidine groups is 1. The van der Waals surface area contributed by atoms with Crippen molar-refractivity contribution in [1.29, 1.82) is 0 Å². The molecule has 27 heavy (non-hydrogen) atoms. The van der Waals surface area contributed by atoms with Crippen molar-refractivity contribution in [2.24, 2.45) is 5.10 Å². The van der Waals surface area contributed by atoms with Gasteiger partial charge in [0, 0.05) is 4.47 Å². The van der Waals surface area contributed by atoms with E-state index in [4.69, 9.17) is 12.6 Å². The van der Waals surface area contributed by atoms with Crippen molar-refractivity contribution in [1.82, 2.24) is 25.9 Å². The van der Waals surface area contributed by atoms with Gasteiger partial charge in [0.25, 0.3) is 0 Å². The first-order valence-electron chi connectivity index (χ1n) is 8.49. The fourth-order valence-corrected chi connectivity index (χ4v) is 3.57. The number of aryl methyl sites for hydroxylation is 1. The van der Waals surface area contributed by atoms with Gasteiger partial charge in [0.05, 0.1) is 24.0 Å². The summed E-state index contributed by atoms with van der Waals surface area (Å²) in [6.45, 7) is 4.84. The summed E-state index contributed by atoms with van der Waals surface area (Å²) in [4.78, 5) is 0. The van der Waals surface area contributed by atoms with Gasteiger partial charge in [0.15, 0.2) is 5.84 Å². The van der Waals surface area contributed by atoms with E-state index in [1.165, 1.54) is 11.1 Å². The number of hydrazine groups is 2. The van der Waals surface area contributed by atoms with Gasteiger partial charge < -0.3 is 0 Å². The minimum Gasteiger partial charge on any atom is -0.266 e. The highest BCUT2D eigenvalue weighted by Gasteiger charge is 2.24. The average Bonchev–Trinajstić information content (AvgIpc) is 3.26. The molecule has 1 aliphatic rings. The molecule has 0 saturated carbocycles. The summed E-state index contributed by atoms with van der Waals surface area (Å²) in [7, 11) is 0. The third-order valence-corrected chi connectivity index (χ3v) is 5.60. The van der Waals surface area contributed by atoms with Crippen LogP contribution in [0.3, 0.4) is 0 Å². The van der Waals surface area contributed by atoms with Gasteiger partial charge in [-0.05, 0) is 48.7 Å². The van der Waals surface area contributed by atoms with Crippen molar-refractivity contribution >= 4 is 34.4 Å². The molecule has 1 aromatic heterocycles. The Labute approximate surface area is 171 Å². The molecule has 0 radical (unpaired) electrons. The molecule has 0 saturated heterocycles. The Bertz CT molecular complexity index is 1010. The maximum atomic E-state index is 4.74. The number of hydrazone groups is 1. The van der Waals surface area contributed by atoms with Crippen LogP contribution in [0.15, 0.2) is 63.3 Å². The smallest absolute Gasteiger partial charge is 0.177 e. The number of hydrogen-bond donors (Lipinski definition) is 3. The average molecular weight is 443 g/mol. The van der Waals surface area contributed by atoms with Gasteiger partial charge in [-0.25, -0.2) is 10.2 Å². The number of thiol groups is 1. The van der Waals surface area contributed by atoms with E-state index >= 15 is 0 Å². The molecule has 0 amide bonds. The highest BCUT2D eigenvalue weighted by atomic mass is 79.9. The Hall–Kier alpha value is -2.29. The molecule has 2 heterocycles. The predicted molar refractivity (Wildman–Crippen MR) is 113 cm³/mol. The number of hydrogen-bond acceptors (Lipinski definition) is 6. The van der Waals surface area contributed by atoms with Crippen molar-refractivity contribution in [2.45, 2.75) is 25.4 Å². The number of aromatic nitrogens is 2. The second-order valence-electron chi connectivity index (χ2n) is 6.38. The van der Waals surface area contributed by atoms with Gasteiger partial charge >= 0.3 is 0 Å². The Morgan fingerprint density at radius 1 is 1.11 bits per heavy atom. The first-order valence-corrected chi connectivity index (χ1v) is 9.73. The molecule has 8 heteroatoms. The van der Waals surface area contributed by atoms with E-state index in [1.54, 1.807) is 6.20 Å². The monoisotopic (exact) mass is 442 g/mol. The van der Waals surface area contributed by atoms with Crippen LogP contribution in [0, 0.1) is 13.8 Å². The largest absolute Gasteiger partial charge is 0.266 e. The third-order valence-electron chi connectivity index (χ3n) is 4.65. The highest BCUT2D eigenvalue weighted by Crippen LogP contribution is 2.25. The summed E-state index contributed by atoms with van der Waals surface area (Å²) in [5, 5.41) is 11.6. The predicted octanol–water partition coefficient (Wildman–Crippen LogP) is 3.73. The van der Waals surface area contributed by atoms with Crippen molar-refractivity contribution in [3.8, 4) is 5.69 Å². The van der Waals surface area contributed by atoms with E-state index in [-0.39, 0.29) is 0 Å². The molecule has 138 valence electrons. The van der Waals surface area contributed by atoms with Gasteiger partial charge in [-0.15, -0.1) is 23.3 Å². The summed E-state index contributed by atoms with van der Waals surface area (Å²) in [6.07, 6.45) is 1.80. The summed E-state index contributed by atoms with van der Waals surface area (Å²) in [5.74, 6) is 0.750. The summed E-state index contributed by atoms with van der Waals surface area (Å²) >= 11 is 8.21. The number of halogens is 1. The zero-order valence-corrected chi connectivity index (χ0v) is 17.4. The summed E-state index contributed by atoms with van der Waals surface area (Å²) < 4.78 is 2.90. The topological polar surface area (TPSA) is 57.5 Å². The first-order chi connectivity index (χ1) is 13.0. The second-order valence-corrected chi connectivity index (χ2v) is 7.72. The third kappa shape index (κ3) is 3.47. The molecule has 4 rings (SSSR count). The zero-order chi connectivity index (χ0) is 19.0. The molecule has 1 aliphatic heterocycles. The van der Waals surface area contributed by atoms with E-state index in [0.29, 0.717) is 6.54 Å². The molecule has 0 atom stereocenters. The van der Waals surface area contributed by atoms with Crippen molar-refractivity contribution < 1.29 is 0 Å². The van der Waals surface area contributed by atoms with Crippen LogP contribution in [-0.2, 0) is 6.54 Å². The van der Waals surface area contributed by atoms with E-state index in [2.05, 4.69) is 69.2 Å². The molecule has 0 fully saturated rings. The van der Waals surface area contributed by atoms with Crippen LogP contribution in [0.25, 0.3) is 5.69 Å². The molecule has 0 bridgehead atoms. The molecular formula is C19H19BrN6S. The summed E-state index contributed by atoms with van der Waals surface area (Å²) in [5.41, 5.74) is 11.3. The lowest BCUT2D eigenvalue weighted by molar-refractivity contribution is 0.288. The molecule has 0 aliphatic carbocycles. The van der Waals surface area contributed by atoms with Gasteiger partial charge in [0.1, 0.15) is 5.03 Å².